The molecule has 192 valence electrons. The second-order valence-corrected chi connectivity index (χ2v) is 8.69. The number of halogens is 1. The number of anilines is 1. The molecule has 36 heavy (non-hydrogen) atoms. The van der Waals surface area contributed by atoms with Crippen molar-refractivity contribution in [2.75, 3.05) is 52.2 Å². The number of ether oxygens (including phenoxy) is 1. The number of carbonyl (C=O) groups is 2. The Morgan fingerprint density at radius 3 is 2.72 bits per heavy atom. The Hall–Kier alpha value is -3.40. The highest BCUT2D eigenvalue weighted by Gasteiger charge is 2.14. The van der Waals surface area contributed by atoms with Crippen LogP contribution < -0.4 is 11.1 Å². The predicted molar refractivity (Wildman–Crippen MR) is 144 cm³/mol. The van der Waals surface area contributed by atoms with Crippen molar-refractivity contribution >= 4 is 47.0 Å². The van der Waals surface area contributed by atoms with Crippen molar-refractivity contribution in [3.05, 3.63) is 65.5 Å². The molecular formula is C26H33ClN6O3. The van der Waals surface area contributed by atoms with E-state index in [1.165, 1.54) is 6.08 Å². The molecular weight excluding hydrogens is 480 g/mol. The Balaban J connectivity index is 0.00000361. The molecule has 1 aromatic carbocycles. The molecule has 2 amide bonds. The van der Waals surface area contributed by atoms with Gasteiger partial charge in [0.2, 0.25) is 5.91 Å². The third-order valence-corrected chi connectivity index (χ3v) is 6.25. The number of nitrogens with one attached hydrogen (secondary N) is 1. The molecule has 1 aliphatic rings. The lowest BCUT2D eigenvalue weighted by Gasteiger charge is -2.26. The summed E-state index contributed by atoms with van der Waals surface area (Å²) in [5.74, 6) is -0.272. The van der Waals surface area contributed by atoms with Gasteiger partial charge >= 0.3 is 0 Å². The summed E-state index contributed by atoms with van der Waals surface area (Å²) in [6.45, 7) is 4.90. The summed E-state index contributed by atoms with van der Waals surface area (Å²) in [6, 6.07) is 11.9. The van der Waals surface area contributed by atoms with Gasteiger partial charge in [-0.15, -0.1) is 12.4 Å². The van der Waals surface area contributed by atoms with Crippen LogP contribution >= 0.6 is 12.4 Å². The minimum atomic E-state index is -0.280. The summed E-state index contributed by atoms with van der Waals surface area (Å²) in [6.07, 6.45) is 4.68. The lowest BCUT2D eigenvalue weighted by molar-refractivity contribution is -0.125. The molecule has 0 spiro atoms. The number of morpholine rings is 1. The zero-order valence-electron chi connectivity index (χ0n) is 20.6. The van der Waals surface area contributed by atoms with Crippen molar-refractivity contribution in [3.63, 3.8) is 0 Å². The average molecular weight is 513 g/mol. The standard InChI is InChI=1S/C26H32N6O3.ClH/c1-30(18-21-16-20-5-3-4-6-23(20)31(21)2)24(33)8-7-19-15-22(25(27)29-17-19)26(34)28-9-10-32-11-13-35-14-12-32;/h3-8,15-17H,9-14,18H2,1-2H3,(H2,27,29)(H,28,34);1H/b8-7+;. The molecule has 1 fully saturated rings. The summed E-state index contributed by atoms with van der Waals surface area (Å²) >= 11 is 0. The van der Waals surface area contributed by atoms with E-state index < -0.39 is 0 Å². The van der Waals surface area contributed by atoms with E-state index in [-0.39, 0.29) is 30.0 Å². The lowest BCUT2D eigenvalue weighted by atomic mass is 10.1. The van der Waals surface area contributed by atoms with E-state index in [9.17, 15) is 9.59 Å². The van der Waals surface area contributed by atoms with Crippen molar-refractivity contribution in [3.8, 4) is 0 Å². The van der Waals surface area contributed by atoms with E-state index >= 15 is 0 Å². The zero-order valence-corrected chi connectivity index (χ0v) is 21.5. The number of benzene rings is 1. The summed E-state index contributed by atoms with van der Waals surface area (Å²) < 4.78 is 7.43. The molecule has 0 aliphatic carbocycles. The number of nitrogens with two attached hydrogens (primary N) is 1. The van der Waals surface area contributed by atoms with Crippen LogP contribution in [-0.4, -0.2) is 77.6 Å². The van der Waals surface area contributed by atoms with Crippen molar-refractivity contribution in [1.82, 2.24) is 24.7 Å². The number of fused-ring (bicyclic) bond motifs is 1. The molecule has 1 saturated heterocycles. The van der Waals surface area contributed by atoms with E-state index in [0.717, 1.165) is 49.4 Å². The number of hydrogen-bond donors (Lipinski definition) is 2. The van der Waals surface area contributed by atoms with Gasteiger partial charge in [0.05, 0.1) is 25.3 Å². The molecule has 2 aromatic heterocycles. The van der Waals surface area contributed by atoms with E-state index in [2.05, 4.69) is 38.0 Å². The van der Waals surface area contributed by atoms with E-state index in [0.29, 0.717) is 24.2 Å². The topological polar surface area (TPSA) is 106 Å². The highest BCUT2D eigenvalue weighted by Crippen LogP contribution is 2.19. The normalized spacial score (nSPS) is 14.1. The first-order valence-electron chi connectivity index (χ1n) is 11.7. The second-order valence-electron chi connectivity index (χ2n) is 8.69. The molecule has 0 radical (unpaired) electrons. The maximum absolute atomic E-state index is 12.7. The number of aryl methyl sites for hydroxylation is 1. The average Bonchev–Trinajstić information content (AvgIpc) is 3.18. The third-order valence-electron chi connectivity index (χ3n) is 6.25. The van der Waals surface area contributed by atoms with Gasteiger partial charge in [0.15, 0.2) is 0 Å². The number of aromatic nitrogens is 2. The molecule has 4 rings (SSSR count). The molecule has 10 heteroatoms. The number of nitrogens with zero attached hydrogens (tertiary/aromatic N) is 4. The van der Waals surface area contributed by atoms with Crippen LogP contribution in [0, 0.1) is 0 Å². The fourth-order valence-electron chi connectivity index (χ4n) is 4.13. The number of hydrogen-bond acceptors (Lipinski definition) is 6. The Kier molecular flexibility index (Phi) is 9.46. The summed E-state index contributed by atoms with van der Waals surface area (Å²) in [5.41, 5.74) is 9.04. The van der Waals surface area contributed by atoms with Crippen LogP contribution in [0.15, 0.2) is 48.7 Å². The van der Waals surface area contributed by atoms with Gasteiger partial charge < -0.3 is 25.3 Å². The fraction of sp³-hybridized carbons (Fsp3) is 0.346. The smallest absolute Gasteiger partial charge is 0.255 e. The first-order valence-corrected chi connectivity index (χ1v) is 11.7. The molecule has 0 bridgehead atoms. The Labute approximate surface area is 217 Å². The van der Waals surface area contributed by atoms with Crippen LogP contribution in [0.25, 0.3) is 17.0 Å². The molecule has 0 atom stereocenters. The van der Waals surface area contributed by atoms with Gasteiger partial charge in [-0.3, -0.25) is 14.5 Å². The number of amides is 2. The minimum Gasteiger partial charge on any atom is -0.383 e. The van der Waals surface area contributed by atoms with Gasteiger partial charge in [-0.05, 0) is 35.2 Å². The van der Waals surface area contributed by atoms with Crippen molar-refractivity contribution in [2.45, 2.75) is 6.54 Å². The van der Waals surface area contributed by atoms with E-state index in [4.69, 9.17) is 10.5 Å². The van der Waals surface area contributed by atoms with Crippen LogP contribution in [0.4, 0.5) is 5.82 Å². The first kappa shape index (κ1) is 27.2. The van der Waals surface area contributed by atoms with E-state index in [1.807, 2.05) is 19.2 Å². The molecule has 3 aromatic rings. The number of likely N-dealkylation sites (N-methyl/N-ethyl adjacent to an activating group) is 1. The molecule has 3 N–H and O–H groups in total. The largest absolute Gasteiger partial charge is 0.383 e. The van der Waals surface area contributed by atoms with Gasteiger partial charge in [0.25, 0.3) is 5.91 Å². The minimum absolute atomic E-state index is 0. The van der Waals surface area contributed by atoms with Crippen LogP contribution in [0.1, 0.15) is 21.6 Å². The van der Waals surface area contributed by atoms with Gasteiger partial charge in [-0.25, -0.2) is 4.98 Å². The molecule has 0 unspecified atom stereocenters. The first-order chi connectivity index (χ1) is 16.9. The van der Waals surface area contributed by atoms with Crippen LogP contribution in [-0.2, 0) is 23.1 Å². The van der Waals surface area contributed by atoms with Gasteiger partial charge in [-0.2, -0.15) is 0 Å². The third kappa shape index (κ3) is 6.63. The number of nitrogen functional groups attached to an aromatic ring is 1. The number of rotatable bonds is 8. The predicted octanol–water partition coefficient (Wildman–Crippen LogP) is 2.31. The highest BCUT2D eigenvalue weighted by molar-refractivity contribution is 5.99. The van der Waals surface area contributed by atoms with Crippen molar-refractivity contribution in [2.24, 2.45) is 7.05 Å². The van der Waals surface area contributed by atoms with Gasteiger partial charge in [0.1, 0.15) is 5.82 Å². The second kappa shape index (κ2) is 12.5. The molecule has 3 heterocycles. The molecule has 0 saturated carbocycles. The Morgan fingerprint density at radius 2 is 1.97 bits per heavy atom. The Bertz CT molecular complexity index is 1240. The van der Waals surface area contributed by atoms with Crippen molar-refractivity contribution in [1.29, 1.82) is 0 Å². The molecule has 1 aliphatic heterocycles. The number of carbonyl (C=O) groups excluding carboxylic acids is 2. The quantitative estimate of drug-likeness (QED) is 0.449. The van der Waals surface area contributed by atoms with Crippen LogP contribution in [0.5, 0.6) is 0 Å². The fourth-order valence-corrected chi connectivity index (χ4v) is 4.13. The van der Waals surface area contributed by atoms with Crippen LogP contribution in [0.2, 0.25) is 0 Å². The SMILES string of the molecule is CN(Cc1cc2ccccc2n1C)C(=O)/C=C/c1cnc(N)c(C(=O)NCCN2CCOCC2)c1.Cl. The zero-order chi connectivity index (χ0) is 24.8. The maximum atomic E-state index is 12.7. The van der Waals surface area contributed by atoms with E-state index in [1.54, 1.807) is 30.3 Å². The lowest BCUT2D eigenvalue weighted by Crippen LogP contribution is -2.41. The number of pyridine rings is 1. The summed E-state index contributed by atoms with van der Waals surface area (Å²) in [7, 11) is 3.76. The van der Waals surface area contributed by atoms with Crippen molar-refractivity contribution < 1.29 is 14.3 Å². The summed E-state index contributed by atoms with van der Waals surface area (Å²) in [5, 5.41) is 4.04. The van der Waals surface area contributed by atoms with Gasteiger partial charge in [-0.1, -0.05) is 18.2 Å². The monoisotopic (exact) mass is 512 g/mol. The number of para-hydroxylation sites is 1. The maximum Gasteiger partial charge on any atom is 0.255 e. The Morgan fingerprint density at radius 1 is 1.22 bits per heavy atom. The highest BCUT2D eigenvalue weighted by atomic mass is 35.5. The molecule has 9 nitrogen and oxygen atoms in total. The van der Waals surface area contributed by atoms with Crippen LogP contribution in [0.3, 0.4) is 0 Å². The summed E-state index contributed by atoms with van der Waals surface area (Å²) in [4.78, 5) is 33.4. The van der Waals surface area contributed by atoms with Gasteiger partial charge in [0, 0.05) is 63.8 Å².